The average molecular weight is 452 g/mol. The molecule has 7 heteroatoms. The molecule has 2 heterocycles. The lowest BCUT2D eigenvalue weighted by Crippen LogP contribution is -2.29. The number of aliphatic hydroxyl groups excluding tert-OH is 1. The highest BCUT2D eigenvalue weighted by molar-refractivity contribution is 6.47. The Morgan fingerprint density at radius 1 is 1.16 bits per heavy atom. The molecule has 3 aromatic rings. The molecule has 1 saturated heterocycles. The summed E-state index contributed by atoms with van der Waals surface area (Å²) in [5.41, 5.74) is 1.82. The van der Waals surface area contributed by atoms with E-state index >= 15 is 0 Å². The second kappa shape index (κ2) is 8.93. The molecule has 1 amide bonds. The predicted octanol–water partition coefficient (Wildman–Crippen LogP) is 5.26. The Labute approximate surface area is 190 Å². The summed E-state index contributed by atoms with van der Waals surface area (Å²) in [5.74, 6) is -0.809. The van der Waals surface area contributed by atoms with E-state index in [2.05, 4.69) is 0 Å². The van der Waals surface area contributed by atoms with E-state index in [-0.39, 0.29) is 28.5 Å². The van der Waals surface area contributed by atoms with Crippen molar-refractivity contribution in [2.24, 2.45) is 0 Å². The van der Waals surface area contributed by atoms with E-state index < -0.39 is 17.7 Å². The van der Waals surface area contributed by atoms with E-state index in [0.29, 0.717) is 18.1 Å². The van der Waals surface area contributed by atoms with Gasteiger partial charge in [-0.1, -0.05) is 35.9 Å². The third kappa shape index (κ3) is 3.89. The van der Waals surface area contributed by atoms with Gasteiger partial charge in [0.15, 0.2) is 0 Å². The van der Waals surface area contributed by atoms with Gasteiger partial charge in [-0.05, 0) is 55.3 Å². The molecule has 4 rings (SSSR count). The normalized spacial score (nSPS) is 17.7. The molecule has 1 aromatic heterocycles. The van der Waals surface area contributed by atoms with Gasteiger partial charge in [-0.15, -0.1) is 0 Å². The second-order valence-electron chi connectivity index (χ2n) is 7.44. The lowest BCUT2D eigenvalue weighted by atomic mass is 9.92. The van der Waals surface area contributed by atoms with Crippen LogP contribution in [0, 0.1) is 6.92 Å². The van der Waals surface area contributed by atoms with Gasteiger partial charge in [0.2, 0.25) is 0 Å². The Kier molecular flexibility index (Phi) is 6.06. The summed E-state index contributed by atoms with van der Waals surface area (Å²) in [5, 5.41) is 11.5. The highest BCUT2D eigenvalue weighted by Gasteiger charge is 2.47. The molecule has 0 spiro atoms. The first-order valence-corrected chi connectivity index (χ1v) is 10.6. The number of hydrogen-bond acceptors (Lipinski definition) is 5. The molecule has 1 aliphatic heterocycles. The van der Waals surface area contributed by atoms with Crippen LogP contribution in [0.3, 0.4) is 0 Å². The number of halogens is 1. The zero-order chi connectivity index (χ0) is 22.8. The Balaban J connectivity index is 1.91. The summed E-state index contributed by atoms with van der Waals surface area (Å²) in [6.45, 7) is 4.25. The molecule has 0 aliphatic carbocycles. The van der Waals surface area contributed by atoms with Crippen LogP contribution in [-0.4, -0.2) is 28.3 Å². The molecule has 6 nitrogen and oxygen atoms in total. The minimum Gasteiger partial charge on any atom is -0.507 e. The number of hydrogen-bond donors (Lipinski definition) is 1. The molecule has 1 fully saturated rings. The predicted molar refractivity (Wildman–Crippen MR) is 120 cm³/mol. The van der Waals surface area contributed by atoms with Gasteiger partial charge >= 0.3 is 0 Å². The van der Waals surface area contributed by atoms with Crippen molar-refractivity contribution in [1.29, 1.82) is 0 Å². The maximum Gasteiger partial charge on any atom is 0.296 e. The van der Waals surface area contributed by atoms with Gasteiger partial charge in [0, 0.05) is 5.56 Å². The molecular formula is C25H22ClNO5. The molecule has 1 unspecified atom stereocenters. The lowest BCUT2D eigenvalue weighted by molar-refractivity contribution is -0.140. The number of carbonyl (C=O) groups is 2. The number of likely N-dealkylation sites (tertiary alicyclic amines) is 1. The number of carbonyl (C=O) groups excluding carboxylic acids is 2. The molecule has 0 radical (unpaired) electrons. The summed E-state index contributed by atoms with van der Waals surface area (Å²) < 4.78 is 10.9. The maximum atomic E-state index is 13.2. The van der Waals surface area contributed by atoms with E-state index in [4.69, 9.17) is 20.8 Å². The zero-order valence-electron chi connectivity index (χ0n) is 17.7. The van der Waals surface area contributed by atoms with Crippen LogP contribution >= 0.6 is 11.6 Å². The fourth-order valence-electron chi connectivity index (χ4n) is 3.92. The Morgan fingerprint density at radius 2 is 1.94 bits per heavy atom. The highest BCUT2D eigenvalue weighted by Crippen LogP contribution is 2.42. The number of aliphatic hydroxyl groups is 1. The molecule has 0 saturated carbocycles. The van der Waals surface area contributed by atoms with E-state index in [0.717, 1.165) is 11.1 Å². The fraction of sp³-hybridized carbons (Fsp3) is 0.200. The SMILES string of the molecule is CCOc1ccc(Cl)c(/C(O)=C2\C(=O)C(=O)N(Cc3ccco3)C2c2ccccc2C)c1. The Hall–Kier alpha value is -3.51. The first kappa shape index (κ1) is 21.7. The molecule has 2 aromatic carbocycles. The minimum absolute atomic E-state index is 0.0218. The lowest BCUT2D eigenvalue weighted by Gasteiger charge is -2.26. The van der Waals surface area contributed by atoms with Crippen LogP contribution in [0.2, 0.25) is 5.02 Å². The maximum absolute atomic E-state index is 13.2. The number of aryl methyl sites for hydroxylation is 1. The van der Waals surface area contributed by atoms with E-state index in [9.17, 15) is 14.7 Å². The Bertz CT molecular complexity index is 1200. The minimum atomic E-state index is -0.798. The first-order valence-electron chi connectivity index (χ1n) is 10.2. The number of rotatable bonds is 6. The van der Waals surface area contributed by atoms with E-state index in [1.54, 1.807) is 30.3 Å². The van der Waals surface area contributed by atoms with Crippen molar-refractivity contribution in [3.63, 3.8) is 0 Å². The van der Waals surface area contributed by atoms with Crippen LogP contribution in [0.1, 0.15) is 35.4 Å². The summed E-state index contributed by atoms with van der Waals surface area (Å²) >= 11 is 6.36. The van der Waals surface area contributed by atoms with Gasteiger partial charge in [0.1, 0.15) is 17.3 Å². The quantitative estimate of drug-likeness (QED) is 0.314. The number of Topliss-reactive ketones (excluding diaryl/α,β-unsaturated/α-hetero) is 1. The number of amides is 1. The van der Waals surface area contributed by atoms with Crippen molar-refractivity contribution in [2.45, 2.75) is 26.4 Å². The standard InChI is InChI=1S/C25H22ClNO5/c1-3-31-16-10-11-20(26)19(13-16)23(28)21-22(18-9-5-4-7-15(18)2)27(25(30)24(21)29)14-17-8-6-12-32-17/h4-13,22,28H,3,14H2,1-2H3/b23-21+. The molecule has 164 valence electrons. The number of nitrogens with zero attached hydrogens (tertiary/aromatic N) is 1. The zero-order valence-corrected chi connectivity index (χ0v) is 18.4. The van der Waals surface area contributed by atoms with Crippen LogP contribution in [0.4, 0.5) is 0 Å². The smallest absolute Gasteiger partial charge is 0.296 e. The largest absolute Gasteiger partial charge is 0.507 e. The molecule has 0 bridgehead atoms. The summed E-state index contributed by atoms with van der Waals surface area (Å²) in [7, 11) is 0. The molecule has 1 atom stereocenters. The van der Waals surface area contributed by atoms with Crippen molar-refractivity contribution in [3.05, 3.63) is 93.9 Å². The number of ketones is 1. The number of ether oxygens (including phenoxy) is 1. The van der Waals surface area contributed by atoms with Gasteiger partial charge in [-0.25, -0.2) is 0 Å². The molecule has 32 heavy (non-hydrogen) atoms. The van der Waals surface area contributed by atoms with Gasteiger partial charge < -0.3 is 19.2 Å². The summed E-state index contributed by atoms with van der Waals surface area (Å²) in [4.78, 5) is 27.6. The number of benzene rings is 2. The fourth-order valence-corrected chi connectivity index (χ4v) is 4.12. The Morgan fingerprint density at radius 3 is 2.62 bits per heavy atom. The summed E-state index contributed by atoms with van der Waals surface area (Å²) in [6.07, 6.45) is 1.51. The van der Waals surface area contributed by atoms with Crippen molar-refractivity contribution >= 4 is 29.1 Å². The van der Waals surface area contributed by atoms with Crippen LogP contribution < -0.4 is 4.74 Å². The van der Waals surface area contributed by atoms with Crippen LogP contribution in [-0.2, 0) is 16.1 Å². The van der Waals surface area contributed by atoms with Crippen molar-refractivity contribution in [3.8, 4) is 5.75 Å². The van der Waals surface area contributed by atoms with Crippen molar-refractivity contribution < 1.29 is 23.8 Å². The monoisotopic (exact) mass is 451 g/mol. The van der Waals surface area contributed by atoms with Crippen molar-refractivity contribution in [1.82, 2.24) is 4.90 Å². The van der Waals surface area contributed by atoms with Crippen LogP contribution in [0.5, 0.6) is 5.75 Å². The van der Waals surface area contributed by atoms with Gasteiger partial charge in [0.05, 0.1) is 36.1 Å². The summed E-state index contributed by atoms with van der Waals surface area (Å²) in [6, 6.07) is 14.9. The number of furan rings is 1. The van der Waals surface area contributed by atoms with E-state index in [1.165, 1.54) is 11.2 Å². The van der Waals surface area contributed by atoms with Crippen molar-refractivity contribution in [2.75, 3.05) is 6.61 Å². The molecule has 1 N–H and O–H groups in total. The molecular weight excluding hydrogens is 430 g/mol. The molecule has 1 aliphatic rings. The van der Waals surface area contributed by atoms with Crippen LogP contribution in [0.25, 0.3) is 5.76 Å². The highest BCUT2D eigenvalue weighted by atomic mass is 35.5. The van der Waals surface area contributed by atoms with E-state index in [1.807, 2.05) is 38.1 Å². The third-order valence-electron chi connectivity index (χ3n) is 5.43. The van der Waals surface area contributed by atoms with Gasteiger partial charge in [0.25, 0.3) is 11.7 Å². The average Bonchev–Trinajstić information content (AvgIpc) is 3.38. The van der Waals surface area contributed by atoms with Gasteiger partial charge in [-0.2, -0.15) is 0 Å². The third-order valence-corrected chi connectivity index (χ3v) is 5.76. The second-order valence-corrected chi connectivity index (χ2v) is 7.84. The first-order chi connectivity index (χ1) is 15.4. The van der Waals surface area contributed by atoms with Crippen LogP contribution in [0.15, 0.2) is 70.9 Å². The van der Waals surface area contributed by atoms with Gasteiger partial charge in [-0.3, -0.25) is 9.59 Å². The topological polar surface area (TPSA) is 80.0 Å².